The largest absolute Gasteiger partial charge is 0.494 e. The molecule has 0 amide bonds. The van der Waals surface area contributed by atoms with Crippen LogP contribution in [0.2, 0.25) is 0 Å². The Labute approximate surface area is 142 Å². The van der Waals surface area contributed by atoms with Crippen molar-refractivity contribution in [2.45, 2.75) is 72.1 Å². The van der Waals surface area contributed by atoms with Crippen LogP contribution < -0.4 is 4.74 Å². The maximum atomic E-state index is 9.82. The standard InChI is InChI=1S/C16H26O.C4H8O2/c1-2-3-4-5-6-7-8-12-15-17-16-13-10-9-11-14-16;1-3-6-4(2)5/h9-11,13-14H,2-8,12,15H2,1H3;3H2,1-2H3. The number of hydrogen-bond donors (Lipinski definition) is 0. The second-order valence-electron chi connectivity index (χ2n) is 5.56. The molecule has 0 N–H and O–H groups in total. The van der Waals surface area contributed by atoms with E-state index in [1.165, 1.54) is 58.3 Å². The molecule has 1 rings (SSSR count). The molecule has 0 heterocycles. The van der Waals surface area contributed by atoms with Gasteiger partial charge in [0.05, 0.1) is 13.2 Å². The van der Waals surface area contributed by atoms with Gasteiger partial charge in [0.2, 0.25) is 0 Å². The van der Waals surface area contributed by atoms with Crippen molar-refractivity contribution < 1.29 is 14.3 Å². The highest BCUT2D eigenvalue weighted by atomic mass is 16.5. The first-order chi connectivity index (χ1) is 11.2. The lowest BCUT2D eigenvalue weighted by atomic mass is 10.1. The summed E-state index contributed by atoms with van der Waals surface area (Å²) in [4.78, 5) is 9.82. The van der Waals surface area contributed by atoms with Gasteiger partial charge in [0, 0.05) is 6.92 Å². The Balaban J connectivity index is 0.000000688. The highest BCUT2D eigenvalue weighted by Crippen LogP contribution is 2.11. The molecule has 0 fully saturated rings. The minimum Gasteiger partial charge on any atom is -0.494 e. The minimum atomic E-state index is -0.211. The van der Waals surface area contributed by atoms with Gasteiger partial charge in [-0.3, -0.25) is 4.79 Å². The zero-order chi connectivity index (χ0) is 17.2. The van der Waals surface area contributed by atoms with Crippen LogP contribution in [0.1, 0.15) is 72.1 Å². The number of ether oxygens (including phenoxy) is 2. The molecular weight excluding hydrogens is 288 g/mol. The summed E-state index contributed by atoms with van der Waals surface area (Å²) in [6, 6.07) is 10.1. The third kappa shape index (κ3) is 16.7. The van der Waals surface area contributed by atoms with Crippen molar-refractivity contribution in [3.63, 3.8) is 0 Å². The van der Waals surface area contributed by atoms with Gasteiger partial charge >= 0.3 is 5.97 Å². The van der Waals surface area contributed by atoms with Crippen LogP contribution in [0.15, 0.2) is 30.3 Å². The van der Waals surface area contributed by atoms with Crippen LogP contribution in [-0.4, -0.2) is 19.2 Å². The van der Waals surface area contributed by atoms with E-state index in [1.54, 1.807) is 6.92 Å². The molecular formula is C20H34O3. The van der Waals surface area contributed by atoms with Gasteiger partial charge < -0.3 is 9.47 Å². The second kappa shape index (κ2) is 16.9. The highest BCUT2D eigenvalue weighted by Gasteiger charge is 1.93. The van der Waals surface area contributed by atoms with Gasteiger partial charge in [-0.2, -0.15) is 0 Å². The monoisotopic (exact) mass is 322 g/mol. The Morgan fingerprint density at radius 1 is 0.870 bits per heavy atom. The predicted molar refractivity (Wildman–Crippen MR) is 96.9 cm³/mol. The zero-order valence-electron chi connectivity index (χ0n) is 15.2. The first-order valence-corrected chi connectivity index (χ1v) is 9.01. The molecule has 1 aromatic carbocycles. The number of benzene rings is 1. The number of para-hydroxylation sites is 1. The SMILES string of the molecule is CCCCCCCCCCOc1ccccc1.CCOC(C)=O. The van der Waals surface area contributed by atoms with Crippen molar-refractivity contribution in [3.05, 3.63) is 30.3 Å². The van der Waals surface area contributed by atoms with E-state index in [4.69, 9.17) is 4.74 Å². The molecule has 23 heavy (non-hydrogen) atoms. The lowest BCUT2D eigenvalue weighted by molar-refractivity contribution is -0.140. The molecule has 0 bridgehead atoms. The third-order valence-electron chi connectivity index (χ3n) is 3.36. The highest BCUT2D eigenvalue weighted by molar-refractivity contribution is 5.65. The van der Waals surface area contributed by atoms with E-state index in [0.717, 1.165) is 12.4 Å². The molecule has 3 heteroatoms. The number of carbonyl (C=O) groups excluding carboxylic acids is 1. The molecule has 0 atom stereocenters. The number of carbonyl (C=O) groups is 1. The van der Waals surface area contributed by atoms with Crippen molar-refractivity contribution in [1.82, 2.24) is 0 Å². The number of esters is 1. The Morgan fingerprint density at radius 3 is 1.91 bits per heavy atom. The molecule has 132 valence electrons. The summed E-state index contributed by atoms with van der Waals surface area (Å²) >= 11 is 0. The van der Waals surface area contributed by atoms with Gasteiger partial charge in [0.1, 0.15) is 5.75 Å². The fourth-order valence-electron chi connectivity index (χ4n) is 2.15. The fourth-order valence-corrected chi connectivity index (χ4v) is 2.15. The van der Waals surface area contributed by atoms with Gasteiger partial charge in [-0.15, -0.1) is 0 Å². The number of unbranched alkanes of at least 4 members (excludes halogenated alkanes) is 7. The number of rotatable bonds is 11. The van der Waals surface area contributed by atoms with E-state index < -0.39 is 0 Å². The van der Waals surface area contributed by atoms with Gasteiger partial charge in [-0.25, -0.2) is 0 Å². The molecule has 0 saturated heterocycles. The molecule has 0 aliphatic carbocycles. The average Bonchev–Trinajstić information content (AvgIpc) is 2.55. The van der Waals surface area contributed by atoms with E-state index >= 15 is 0 Å². The summed E-state index contributed by atoms with van der Waals surface area (Å²) in [5, 5.41) is 0. The van der Waals surface area contributed by atoms with Gasteiger partial charge in [0.25, 0.3) is 0 Å². The van der Waals surface area contributed by atoms with Gasteiger partial charge in [-0.1, -0.05) is 70.1 Å². The van der Waals surface area contributed by atoms with E-state index in [-0.39, 0.29) is 5.97 Å². The maximum Gasteiger partial charge on any atom is 0.302 e. The van der Waals surface area contributed by atoms with Crippen LogP contribution >= 0.6 is 0 Å². The first-order valence-electron chi connectivity index (χ1n) is 9.01. The number of hydrogen-bond acceptors (Lipinski definition) is 3. The third-order valence-corrected chi connectivity index (χ3v) is 3.36. The lowest BCUT2D eigenvalue weighted by Gasteiger charge is -2.05. The van der Waals surface area contributed by atoms with Crippen molar-refractivity contribution >= 4 is 5.97 Å². The molecule has 0 spiro atoms. The summed E-state index contributed by atoms with van der Waals surface area (Å²) in [5.74, 6) is 0.785. The zero-order valence-corrected chi connectivity index (χ0v) is 15.2. The molecule has 0 saturated carbocycles. The first kappa shape index (κ1) is 21.5. The fraction of sp³-hybridized carbons (Fsp3) is 0.650. The summed E-state index contributed by atoms with van der Waals surface area (Å²) < 4.78 is 10.1. The Bertz CT molecular complexity index is 362. The van der Waals surface area contributed by atoms with Crippen molar-refractivity contribution in [1.29, 1.82) is 0 Å². The maximum absolute atomic E-state index is 9.82. The molecule has 0 aliphatic rings. The van der Waals surface area contributed by atoms with Crippen LogP contribution in [0, 0.1) is 0 Å². The molecule has 3 nitrogen and oxygen atoms in total. The summed E-state index contributed by atoms with van der Waals surface area (Å²) in [6.07, 6.45) is 10.8. The van der Waals surface area contributed by atoms with E-state index in [2.05, 4.69) is 11.7 Å². The van der Waals surface area contributed by atoms with Gasteiger partial charge in [-0.05, 0) is 25.5 Å². The second-order valence-corrected chi connectivity index (χ2v) is 5.56. The summed E-state index contributed by atoms with van der Waals surface area (Å²) in [6.45, 7) is 6.78. The smallest absolute Gasteiger partial charge is 0.302 e. The van der Waals surface area contributed by atoms with Crippen LogP contribution in [-0.2, 0) is 9.53 Å². The minimum absolute atomic E-state index is 0.211. The Kier molecular flexibility index (Phi) is 15.7. The van der Waals surface area contributed by atoms with E-state index in [1.807, 2.05) is 30.3 Å². The lowest BCUT2D eigenvalue weighted by Crippen LogP contribution is -1.96. The quantitative estimate of drug-likeness (QED) is 0.383. The average molecular weight is 322 g/mol. The Morgan fingerprint density at radius 2 is 1.43 bits per heavy atom. The molecule has 0 aromatic heterocycles. The van der Waals surface area contributed by atoms with Gasteiger partial charge in [0.15, 0.2) is 0 Å². The topological polar surface area (TPSA) is 35.5 Å². The normalized spacial score (nSPS) is 9.70. The van der Waals surface area contributed by atoms with Crippen LogP contribution in [0.5, 0.6) is 5.75 Å². The van der Waals surface area contributed by atoms with Crippen molar-refractivity contribution in [2.75, 3.05) is 13.2 Å². The Hall–Kier alpha value is -1.51. The van der Waals surface area contributed by atoms with Crippen LogP contribution in [0.3, 0.4) is 0 Å². The summed E-state index contributed by atoms with van der Waals surface area (Å²) in [7, 11) is 0. The molecule has 0 unspecified atom stereocenters. The van der Waals surface area contributed by atoms with Crippen LogP contribution in [0.25, 0.3) is 0 Å². The predicted octanol–water partition coefficient (Wildman–Crippen LogP) is 5.78. The van der Waals surface area contributed by atoms with Crippen LogP contribution in [0.4, 0.5) is 0 Å². The molecule has 0 aliphatic heterocycles. The van der Waals surface area contributed by atoms with Crippen molar-refractivity contribution in [2.24, 2.45) is 0 Å². The van der Waals surface area contributed by atoms with E-state index in [9.17, 15) is 4.79 Å². The molecule has 0 radical (unpaired) electrons. The van der Waals surface area contributed by atoms with E-state index in [0.29, 0.717) is 6.61 Å². The molecule has 1 aromatic rings. The van der Waals surface area contributed by atoms with Crippen molar-refractivity contribution in [3.8, 4) is 5.75 Å². The summed E-state index contributed by atoms with van der Waals surface area (Å²) in [5.41, 5.74) is 0.